The van der Waals surface area contributed by atoms with Gasteiger partial charge in [-0.05, 0) is 31.4 Å². The van der Waals surface area contributed by atoms with Crippen LogP contribution in [0.2, 0.25) is 0 Å². The second-order valence-electron chi connectivity index (χ2n) is 13.9. The van der Waals surface area contributed by atoms with E-state index >= 15 is 0 Å². The molecule has 0 spiro atoms. The van der Waals surface area contributed by atoms with Crippen LogP contribution in [0.25, 0.3) is 22.3 Å². The third kappa shape index (κ3) is 8.35. The molecule has 0 aromatic carbocycles. The van der Waals surface area contributed by atoms with Crippen molar-refractivity contribution in [2.75, 3.05) is 26.2 Å². The molecule has 282 valence electrons. The number of alkyl halides is 3. The van der Waals surface area contributed by atoms with Crippen LogP contribution in [0.15, 0.2) is 43.2 Å². The fraction of sp³-hybridized carbons (Fsp3) is 0.541. The summed E-state index contributed by atoms with van der Waals surface area (Å²) in [4.78, 5) is 41.0. The lowest BCUT2D eigenvalue weighted by atomic mass is 9.83. The summed E-state index contributed by atoms with van der Waals surface area (Å²) in [6, 6.07) is 5.21. The Morgan fingerprint density at radius 1 is 1.04 bits per heavy atom. The number of pyridine rings is 1. The number of ether oxygens (including phenoxy) is 1. The summed E-state index contributed by atoms with van der Waals surface area (Å²) >= 11 is 0. The minimum atomic E-state index is -5.01. The summed E-state index contributed by atoms with van der Waals surface area (Å²) in [7, 11) is 0. The maximum atomic E-state index is 14.6. The van der Waals surface area contributed by atoms with Crippen LogP contribution in [0, 0.1) is 17.1 Å². The van der Waals surface area contributed by atoms with E-state index in [0.717, 1.165) is 42.5 Å². The fourth-order valence-corrected chi connectivity index (χ4v) is 7.35. The van der Waals surface area contributed by atoms with E-state index in [0.29, 0.717) is 43.7 Å². The van der Waals surface area contributed by atoms with Crippen LogP contribution in [0.3, 0.4) is 0 Å². The molecule has 0 unspecified atom stereocenters. The predicted octanol–water partition coefficient (Wildman–Crippen LogP) is 6.72. The van der Waals surface area contributed by atoms with E-state index in [-0.39, 0.29) is 38.3 Å². The summed E-state index contributed by atoms with van der Waals surface area (Å²) in [5, 5.41) is 15.2. The lowest BCUT2D eigenvalue weighted by molar-refractivity contribution is -0.147. The Kier molecular flexibility index (Phi) is 11.7. The first kappa shape index (κ1) is 37.8. The highest BCUT2D eigenvalue weighted by atomic mass is 19.4. The monoisotopic (exact) mass is 737 g/mol. The molecule has 6 rings (SSSR count). The van der Waals surface area contributed by atoms with Crippen LogP contribution < -0.4 is 0 Å². The molecule has 0 bridgehead atoms. The number of piperidine rings is 1. The highest BCUT2D eigenvalue weighted by Crippen LogP contribution is 2.38. The molecule has 4 aromatic rings. The largest absolute Gasteiger partial charge is 0.444 e. The predicted molar refractivity (Wildman–Crippen MR) is 185 cm³/mol. The standard InChI is InChI=1S/C37H43F4N9O3/c1-2-3-4-5-6-7-8-9-30(51)53-25-48-19-13-29-32(44-24-45-34(29)48)26-20-46-50(21-26)36(14-15-42)22-49(23-36)27-11-17-47(18-12-27)35(52)28-10-16-43-33(31(28)38)37(39,40)41/h10,13,16,19-21,24,27H,2-9,11-12,14,17-18,22-23,25H2,1H3. The Bertz CT molecular complexity index is 1940. The van der Waals surface area contributed by atoms with Crippen LogP contribution >= 0.6 is 0 Å². The van der Waals surface area contributed by atoms with Gasteiger partial charge in [-0.2, -0.15) is 23.5 Å². The molecule has 0 N–H and O–H groups in total. The Hall–Kier alpha value is -4.91. The molecule has 16 heteroatoms. The number of hydrogen-bond donors (Lipinski definition) is 0. The number of fused-ring (bicyclic) bond motifs is 1. The molecular formula is C37H43F4N9O3. The van der Waals surface area contributed by atoms with Crippen molar-refractivity contribution >= 4 is 22.9 Å². The van der Waals surface area contributed by atoms with Gasteiger partial charge in [0.15, 0.2) is 18.2 Å². The molecule has 0 atom stereocenters. The van der Waals surface area contributed by atoms with Gasteiger partial charge in [-0.15, -0.1) is 0 Å². The van der Waals surface area contributed by atoms with Crippen molar-refractivity contribution in [1.82, 2.24) is 39.1 Å². The van der Waals surface area contributed by atoms with E-state index in [1.54, 1.807) is 17.0 Å². The number of halogens is 4. The summed E-state index contributed by atoms with van der Waals surface area (Å²) < 4.78 is 63.1. The van der Waals surface area contributed by atoms with Gasteiger partial charge in [-0.1, -0.05) is 45.4 Å². The van der Waals surface area contributed by atoms with Crippen molar-refractivity contribution in [3.05, 3.63) is 60.3 Å². The van der Waals surface area contributed by atoms with Gasteiger partial charge in [0.2, 0.25) is 0 Å². The molecule has 4 aromatic heterocycles. The van der Waals surface area contributed by atoms with Gasteiger partial charge in [0, 0.05) is 68.2 Å². The molecule has 12 nitrogen and oxygen atoms in total. The molecule has 2 aliphatic rings. The average molecular weight is 738 g/mol. The number of nitrogens with zero attached hydrogens (tertiary/aromatic N) is 9. The van der Waals surface area contributed by atoms with Gasteiger partial charge in [-0.3, -0.25) is 23.7 Å². The number of esters is 1. The van der Waals surface area contributed by atoms with E-state index in [4.69, 9.17) is 4.74 Å². The molecule has 2 saturated heterocycles. The average Bonchev–Trinajstić information content (AvgIpc) is 3.79. The molecular weight excluding hydrogens is 694 g/mol. The van der Waals surface area contributed by atoms with Gasteiger partial charge in [0.25, 0.3) is 5.91 Å². The van der Waals surface area contributed by atoms with E-state index < -0.39 is 34.7 Å². The Balaban J connectivity index is 1.04. The number of carbonyl (C=O) groups excluding carboxylic acids is 2. The van der Waals surface area contributed by atoms with Crippen molar-refractivity contribution in [2.24, 2.45) is 0 Å². The van der Waals surface area contributed by atoms with Crippen LogP contribution in [-0.4, -0.2) is 83.2 Å². The van der Waals surface area contributed by atoms with Crippen molar-refractivity contribution in [2.45, 2.75) is 102 Å². The summed E-state index contributed by atoms with van der Waals surface area (Å²) in [5.74, 6) is -2.70. The smallest absolute Gasteiger partial charge is 0.436 e. The third-order valence-electron chi connectivity index (χ3n) is 10.3. The van der Waals surface area contributed by atoms with E-state index in [1.165, 1.54) is 36.9 Å². The van der Waals surface area contributed by atoms with Gasteiger partial charge in [0.05, 0.1) is 29.9 Å². The maximum Gasteiger partial charge on any atom is 0.436 e. The summed E-state index contributed by atoms with van der Waals surface area (Å²) in [5.41, 5.74) is -0.925. The molecule has 0 saturated carbocycles. The number of unbranched alkanes of at least 4 members (excludes halogenated alkanes) is 6. The molecule has 53 heavy (non-hydrogen) atoms. The molecule has 6 heterocycles. The molecule has 2 fully saturated rings. The van der Waals surface area contributed by atoms with Crippen LogP contribution in [0.1, 0.15) is 93.6 Å². The minimum absolute atomic E-state index is 0.0440. The lowest BCUT2D eigenvalue weighted by Gasteiger charge is -2.53. The molecule has 0 aliphatic carbocycles. The van der Waals surface area contributed by atoms with Crippen LogP contribution in [0.4, 0.5) is 17.6 Å². The zero-order valence-corrected chi connectivity index (χ0v) is 29.7. The van der Waals surface area contributed by atoms with Crippen molar-refractivity contribution in [3.8, 4) is 17.3 Å². The number of amides is 1. The second kappa shape index (κ2) is 16.4. The number of carbonyl (C=O) groups is 2. The van der Waals surface area contributed by atoms with Gasteiger partial charge >= 0.3 is 12.1 Å². The van der Waals surface area contributed by atoms with E-state index in [2.05, 4.69) is 37.9 Å². The Morgan fingerprint density at radius 3 is 2.49 bits per heavy atom. The number of rotatable bonds is 15. The minimum Gasteiger partial charge on any atom is -0.444 e. The SMILES string of the molecule is CCCCCCCCCC(=O)OCn1ccc2c(-c3cnn(C4(CC#N)CN(C5CCN(C(=O)c6ccnc(C(F)(F)F)c6F)CC5)C4)c3)ncnc21. The maximum absolute atomic E-state index is 14.6. The van der Waals surface area contributed by atoms with Crippen molar-refractivity contribution < 1.29 is 31.9 Å². The summed E-state index contributed by atoms with van der Waals surface area (Å²) in [6.07, 6.45) is 12.2. The molecule has 1 amide bonds. The Labute approximate surface area is 304 Å². The number of hydrogen-bond acceptors (Lipinski definition) is 9. The molecule has 0 radical (unpaired) electrons. The quantitative estimate of drug-likeness (QED) is 0.0741. The Morgan fingerprint density at radius 2 is 1.77 bits per heavy atom. The first-order chi connectivity index (χ1) is 25.5. The molecule has 2 aliphatic heterocycles. The van der Waals surface area contributed by atoms with E-state index in [9.17, 15) is 32.4 Å². The topological polar surface area (TPSA) is 135 Å². The van der Waals surface area contributed by atoms with E-state index in [1.807, 2.05) is 16.9 Å². The summed E-state index contributed by atoms with van der Waals surface area (Å²) in [6.45, 7) is 3.81. The number of aromatic nitrogens is 6. The van der Waals surface area contributed by atoms with Gasteiger partial charge in [-0.25, -0.2) is 19.3 Å². The lowest BCUT2D eigenvalue weighted by Crippen LogP contribution is -2.66. The highest BCUT2D eigenvalue weighted by molar-refractivity contribution is 5.94. The first-order valence-corrected chi connectivity index (χ1v) is 18.2. The number of likely N-dealkylation sites (tertiary alicyclic amines) is 2. The van der Waals surface area contributed by atoms with Crippen LogP contribution in [-0.2, 0) is 28.0 Å². The van der Waals surface area contributed by atoms with Crippen LogP contribution in [0.5, 0.6) is 0 Å². The normalized spacial score (nSPS) is 16.4. The first-order valence-electron chi connectivity index (χ1n) is 18.2. The number of nitriles is 1. The highest BCUT2D eigenvalue weighted by Gasteiger charge is 2.48. The zero-order chi connectivity index (χ0) is 37.6. The third-order valence-corrected chi connectivity index (χ3v) is 10.3. The van der Waals surface area contributed by atoms with Crippen molar-refractivity contribution in [1.29, 1.82) is 5.26 Å². The van der Waals surface area contributed by atoms with Gasteiger partial charge in [0.1, 0.15) is 17.5 Å². The van der Waals surface area contributed by atoms with Gasteiger partial charge < -0.3 is 9.64 Å². The fourth-order valence-electron chi connectivity index (χ4n) is 7.35. The second-order valence-corrected chi connectivity index (χ2v) is 13.9. The zero-order valence-electron chi connectivity index (χ0n) is 29.7. The van der Waals surface area contributed by atoms with Crippen molar-refractivity contribution in [3.63, 3.8) is 0 Å².